The molecular formula is C23H30N4O2. The summed E-state index contributed by atoms with van der Waals surface area (Å²) in [5, 5.41) is 6.67. The van der Waals surface area contributed by atoms with Crippen LogP contribution >= 0.6 is 0 Å². The topological polar surface area (TPSA) is 66.0 Å². The Balaban J connectivity index is 1.46. The van der Waals surface area contributed by atoms with Crippen LogP contribution in [0, 0.1) is 0 Å². The molecular weight excluding hydrogens is 364 g/mol. The van der Waals surface area contributed by atoms with Crippen molar-refractivity contribution in [2.45, 2.75) is 39.5 Å². The van der Waals surface area contributed by atoms with Crippen LogP contribution in [0.25, 0.3) is 0 Å². The Labute approximate surface area is 173 Å². The minimum Gasteiger partial charge on any atom is -0.377 e. The molecule has 2 N–H and O–H groups in total. The van der Waals surface area contributed by atoms with Crippen molar-refractivity contribution in [2.24, 2.45) is 4.99 Å². The number of nitrogens with one attached hydrogen (secondary N) is 2. The standard InChI is InChI=1S/C23H30N4O2/c1-3-29-17-20-8-6-18(7-9-20)15-25-23(24-2)26-16-19-10-12-21(13-11-19)27-14-4-5-22(27)28/h6-13H,3-5,14-17H2,1-2H3,(H2,24,25,26). The molecule has 0 aromatic heterocycles. The number of aliphatic imine (C=N–C) groups is 1. The van der Waals surface area contributed by atoms with Gasteiger partial charge in [0.1, 0.15) is 0 Å². The van der Waals surface area contributed by atoms with Crippen LogP contribution in [0.1, 0.15) is 36.5 Å². The predicted octanol–water partition coefficient (Wildman–Crippen LogP) is 3.22. The Bertz CT molecular complexity index is 816. The third-order valence-corrected chi connectivity index (χ3v) is 4.96. The minimum atomic E-state index is 0.214. The van der Waals surface area contributed by atoms with Gasteiger partial charge < -0.3 is 20.3 Å². The first-order chi connectivity index (χ1) is 14.2. The number of carbonyl (C=O) groups is 1. The maximum absolute atomic E-state index is 11.9. The van der Waals surface area contributed by atoms with Crippen molar-refractivity contribution in [2.75, 3.05) is 25.1 Å². The molecule has 6 heteroatoms. The zero-order valence-electron chi connectivity index (χ0n) is 17.3. The van der Waals surface area contributed by atoms with E-state index < -0.39 is 0 Å². The van der Waals surface area contributed by atoms with Crippen molar-refractivity contribution >= 4 is 17.6 Å². The highest BCUT2D eigenvalue weighted by Gasteiger charge is 2.21. The molecule has 1 aliphatic rings. The maximum Gasteiger partial charge on any atom is 0.227 e. The van der Waals surface area contributed by atoms with Crippen molar-refractivity contribution in [1.29, 1.82) is 0 Å². The zero-order chi connectivity index (χ0) is 20.5. The van der Waals surface area contributed by atoms with Crippen molar-refractivity contribution in [3.63, 3.8) is 0 Å². The molecule has 2 aromatic carbocycles. The fraction of sp³-hybridized carbons (Fsp3) is 0.391. The summed E-state index contributed by atoms with van der Waals surface area (Å²) < 4.78 is 5.43. The van der Waals surface area contributed by atoms with Gasteiger partial charge in [0.2, 0.25) is 5.91 Å². The van der Waals surface area contributed by atoms with E-state index in [9.17, 15) is 4.79 Å². The number of ether oxygens (including phenoxy) is 1. The van der Waals surface area contributed by atoms with Gasteiger partial charge in [-0.2, -0.15) is 0 Å². The second-order valence-electron chi connectivity index (χ2n) is 7.05. The maximum atomic E-state index is 11.9. The second-order valence-corrected chi connectivity index (χ2v) is 7.05. The highest BCUT2D eigenvalue weighted by Crippen LogP contribution is 2.21. The zero-order valence-corrected chi connectivity index (χ0v) is 17.3. The monoisotopic (exact) mass is 394 g/mol. The van der Waals surface area contributed by atoms with Gasteiger partial charge in [0.25, 0.3) is 0 Å². The SMILES string of the molecule is CCOCc1ccc(CNC(=NC)NCc2ccc(N3CCCC3=O)cc2)cc1. The summed E-state index contributed by atoms with van der Waals surface area (Å²) in [5.41, 5.74) is 4.49. The van der Waals surface area contributed by atoms with Gasteiger partial charge >= 0.3 is 0 Å². The number of carbonyl (C=O) groups excluding carboxylic acids is 1. The number of guanidine groups is 1. The van der Waals surface area contributed by atoms with Crippen molar-refractivity contribution in [3.8, 4) is 0 Å². The third kappa shape index (κ3) is 6.06. The van der Waals surface area contributed by atoms with Crippen molar-refractivity contribution in [1.82, 2.24) is 10.6 Å². The lowest BCUT2D eigenvalue weighted by Gasteiger charge is -2.16. The van der Waals surface area contributed by atoms with E-state index in [0.29, 0.717) is 26.1 Å². The van der Waals surface area contributed by atoms with Crippen LogP contribution < -0.4 is 15.5 Å². The molecule has 29 heavy (non-hydrogen) atoms. The summed E-state index contributed by atoms with van der Waals surface area (Å²) in [6.07, 6.45) is 1.60. The first-order valence-electron chi connectivity index (χ1n) is 10.2. The fourth-order valence-electron chi connectivity index (χ4n) is 3.28. The molecule has 154 valence electrons. The highest BCUT2D eigenvalue weighted by atomic mass is 16.5. The second kappa shape index (κ2) is 10.6. The molecule has 1 amide bonds. The number of anilines is 1. The summed E-state index contributed by atoms with van der Waals surface area (Å²) in [6, 6.07) is 16.5. The molecule has 0 spiro atoms. The van der Waals surface area contributed by atoms with Gasteiger partial charge in [0, 0.05) is 45.4 Å². The Morgan fingerprint density at radius 3 is 2.10 bits per heavy atom. The van der Waals surface area contributed by atoms with Crippen LogP contribution in [0.2, 0.25) is 0 Å². The summed E-state index contributed by atoms with van der Waals surface area (Å²) in [5.74, 6) is 0.966. The van der Waals surface area contributed by atoms with Crippen LogP contribution in [0.5, 0.6) is 0 Å². The molecule has 2 aromatic rings. The molecule has 3 rings (SSSR count). The van der Waals surface area contributed by atoms with Crippen LogP contribution in [0.4, 0.5) is 5.69 Å². The summed E-state index contributed by atoms with van der Waals surface area (Å²) in [7, 11) is 1.77. The fourth-order valence-corrected chi connectivity index (χ4v) is 3.28. The number of nitrogens with zero attached hydrogens (tertiary/aromatic N) is 2. The largest absolute Gasteiger partial charge is 0.377 e. The van der Waals surface area contributed by atoms with Crippen LogP contribution in [0.15, 0.2) is 53.5 Å². The Kier molecular flexibility index (Phi) is 7.64. The normalized spacial score (nSPS) is 14.3. The predicted molar refractivity (Wildman–Crippen MR) is 117 cm³/mol. The average Bonchev–Trinajstić information content (AvgIpc) is 3.19. The molecule has 1 heterocycles. The van der Waals surface area contributed by atoms with Gasteiger partial charge in [-0.1, -0.05) is 36.4 Å². The molecule has 0 atom stereocenters. The molecule has 0 radical (unpaired) electrons. The van der Waals surface area contributed by atoms with Gasteiger partial charge in [-0.25, -0.2) is 0 Å². The lowest BCUT2D eigenvalue weighted by molar-refractivity contribution is -0.117. The summed E-state index contributed by atoms with van der Waals surface area (Å²) >= 11 is 0. The molecule has 0 saturated carbocycles. The molecule has 0 unspecified atom stereocenters. The van der Waals surface area contributed by atoms with Crippen LogP contribution in [0.3, 0.4) is 0 Å². The summed E-state index contributed by atoms with van der Waals surface area (Å²) in [4.78, 5) is 18.0. The average molecular weight is 395 g/mol. The van der Waals surface area contributed by atoms with Gasteiger partial charge in [0.05, 0.1) is 6.61 Å². The molecule has 1 fully saturated rings. The Morgan fingerprint density at radius 1 is 1.00 bits per heavy atom. The third-order valence-electron chi connectivity index (χ3n) is 4.96. The van der Waals surface area contributed by atoms with Gasteiger partial charge in [-0.3, -0.25) is 9.79 Å². The van der Waals surface area contributed by atoms with E-state index in [1.54, 1.807) is 7.05 Å². The summed E-state index contributed by atoms with van der Waals surface area (Å²) in [6.45, 7) is 5.56. The molecule has 0 bridgehead atoms. The highest BCUT2D eigenvalue weighted by molar-refractivity contribution is 5.95. The van der Waals surface area contributed by atoms with E-state index in [2.05, 4.69) is 52.0 Å². The first-order valence-corrected chi connectivity index (χ1v) is 10.2. The number of hydrogen-bond donors (Lipinski definition) is 2. The van der Waals surface area contributed by atoms with Crippen molar-refractivity contribution in [3.05, 3.63) is 65.2 Å². The molecule has 6 nitrogen and oxygen atoms in total. The number of hydrogen-bond acceptors (Lipinski definition) is 3. The van der Waals surface area contributed by atoms with E-state index in [1.807, 2.05) is 24.0 Å². The number of rotatable bonds is 8. The van der Waals surface area contributed by atoms with Gasteiger partial charge in [0.15, 0.2) is 5.96 Å². The van der Waals surface area contributed by atoms with Gasteiger partial charge in [-0.05, 0) is 42.2 Å². The Hall–Kier alpha value is -2.86. The number of amides is 1. The molecule has 0 aliphatic carbocycles. The smallest absolute Gasteiger partial charge is 0.227 e. The van der Waals surface area contributed by atoms with E-state index in [1.165, 1.54) is 11.1 Å². The van der Waals surface area contributed by atoms with Gasteiger partial charge in [-0.15, -0.1) is 0 Å². The van der Waals surface area contributed by atoms with E-state index >= 15 is 0 Å². The lowest BCUT2D eigenvalue weighted by atomic mass is 10.1. The van der Waals surface area contributed by atoms with E-state index in [-0.39, 0.29) is 5.91 Å². The first kappa shape index (κ1) is 20.9. The lowest BCUT2D eigenvalue weighted by Crippen LogP contribution is -2.36. The number of benzene rings is 2. The molecule has 1 aliphatic heterocycles. The van der Waals surface area contributed by atoms with Crippen LogP contribution in [-0.4, -0.2) is 32.1 Å². The van der Waals surface area contributed by atoms with Crippen LogP contribution in [-0.2, 0) is 29.2 Å². The minimum absolute atomic E-state index is 0.214. The van der Waals surface area contributed by atoms with E-state index in [4.69, 9.17) is 4.74 Å². The molecule has 1 saturated heterocycles. The Morgan fingerprint density at radius 2 is 1.59 bits per heavy atom. The van der Waals surface area contributed by atoms with Crippen molar-refractivity contribution < 1.29 is 9.53 Å². The quantitative estimate of drug-likeness (QED) is 0.533. The van der Waals surface area contributed by atoms with E-state index in [0.717, 1.165) is 36.8 Å².